The molecule has 3 aromatic heterocycles. The van der Waals surface area contributed by atoms with Gasteiger partial charge in [-0.3, -0.25) is 9.48 Å². The van der Waals surface area contributed by atoms with E-state index in [1.165, 1.54) is 23.5 Å². The van der Waals surface area contributed by atoms with Crippen molar-refractivity contribution < 1.29 is 13.9 Å². The van der Waals surface area contributed by atoms with E-state index in [-0.39, 0.29) is 11.7 Å². The van der Waals surface area contributed by atoms with E-state index in [1.807, 2.05) is 59.7 Å². The maximum atomic E-state index is 13.4. The Bertz CT molecular complexity index is 1480. The summed E-state index contributed by atoms with van der Waals surface area (Å²) in [4.78, 5) is 19.4. The van der Waals surface area contributed by atoms with E-state index < -0.39 is 6.04 Å². The van der Waals surface area contributed by atoms with Gasteiger partial charge in [-0.05, 0) is 48.4 Å². The minimum atomic E-state index is -0.435. The van der Waals surface area contributed by atoms with Crippen molar-refractivity contribution in [2.75, 3.05) is 7.11 Å². The van der Waals surface area contributed by atoms with Crippen LogP contribution in [-0.4, -0.2) is 32.3 Å². The van der Waals surface area contributed by atoms with Gasteiger partial charge >= 0.3 is 0 Å². The zero-order valence-corrected chi connectivity index (χ0v) is 20.3. The number of carbonyl (C=O) groups is 1. The van der Waals surface area contributed by atoms with Crippen LogP contribution >= 0.6 is 11.3 Å². The highest BCUT2D eigenvalue weighted by molar-refractivity contribution is 7.20. The van der Waals surface area contributed by atoms with Crippen LogP contribution in [0.4, 0.5) is 4.39 Å². The number of hydrogen-bond acceptors (Lipinski definition) is 5. The number of fused-ring (bicyclic) bond motifs is 1. The van der Waals surface area contributed by atoms with Crippen molar-refractivity contribution >= 4 is 27.5 Å². The quantitative estimate of drug-likeness (QED) is 0.355. The van der Waals surface area contributed by atoms with E-state index in [0.717, 1.165) is 38.6 Å². The summed E-state index contributed by atoms with van der Waals surface area (Å²) in [5.74, 6) is 1.00. The molecule has 0 bridgehead atoms. The number of benzene rings is 2. The van der Waals surface area contributed by atoms with Crippen molar-refractivity contribution in [2.45, 2.75) is 19.5 Å². The molecule has 1 unspecified atom stereocenters. The Morgan fingerprint density at radius 1 is 1.17 bits per heavy atom. The fourth-order valence-electron chi connectivity index (χ4n) is 4.05. The van der Waals surface area contributed by atoms with Crippen LogP contribution in [0.25, 0.3) is 10.2 Å². The van der Waals surface area contributed by atoms with Gasteiger partial charge in [0.2, 0.25) is 0 Å². The standard InChI is InChI=1S/C26H24FN5O2S/c1-16-21-14-22(35-26(21)32(30-16)15-17-4-8-19(27)9-5-17)25(33)29-23(24-28-12-13-31(24)2)18-6-10-20(34-3)11-7-18/h4-14,23H,15H2,1-3H3,(H,29,33). The molecule has 1 amide bonds. The summed E-state index contributed by atoms with van der Waals surface area (Å²) in [7, 11) is 3.52. The second-order valence-electron chi connectivity index (χ2n) is 8.27. The third-order valence-electron chi connectivity index (χ3n) is 5.92. The van der Waals surface area contributed by atoms with Gasteiger partial charge in [-0.25, -0.2) is 9.37 Å². The molecule has 0 aliphatic heterocycles. The number of ether oxygens (including phenoxy) is 1. The van der Waals surface area contributed by atoms with Crippen LogP contribution in [0.3, 0.4) is 0 Å². The largest absolute Gasteiger partial charge is 0.497 e. The van der Waals surface area contributed by atoms with Crippen molar-refractivity contribution in [1.29, 1.82) is 0 Å². The summed E-state index contributed by atoms with van der Waals surface area (Å²) < 4.78 is 22.3. The molecule has 0 aliphatic carbocycles. The lowest BCUT2D eigenvalue weighted by atomic mass is 10.1. The second kappa shape index (κ2) is 9.34. The van der Waals surface area contributed by atoms with Gasteiger partial charge in [0.05, 0.1) is 24.2 Å². The molecule has 9 heteroatoms. The summed E-state index contributed by atoms with van der Waals surface area (Å²) >= 11 is 1.39. The van der Waals surface area contributed by atoms with Crippen LogP contribution in [0.1, 0.15) is 38.4 Å². The van der Waals surface area contributed by atoms with Crippen LogP contribution in [0.15, 0.2) is 67.0 Å². The Labute approximate surface area is 205 Å². The van der Waals surface area contributed by atoms with Crippen molar-refractivity contribution in [2.24, 2.45) is 7.05 Å². The van der Waals surface area contributed by atoms with Gasteiger partial charge in [-0.2, -0.15) is 5.10 Å². The van der Waals surface area contributed by atoms with Gasteiger partial charge in [0.25, 0.3) is 5.91 Å². The smallest absolute Gasteiger partial charge is 0.262 e. The SMILES string of the molecule is COc1ccc(C(NC(=O)c2cc3c(C)nn(Cc4ccc(F)cc4)c3s2)c2nccn2C)cc1. The van der Waals surface area contributed by atoms with Crippen molar-refractivity contribution in [3.8, 4) is 5.75 Å². The van der Waals surface area contributed by atoms with Gasteiger partial charge in [0.15, 0.2) is 0 Å². The first-order chi connectivity index (χ1) is 16.9. The fourth-order valence-corrected chi connectivity index (χ4v) is 5.11. The number of carbonyl (C=O) groups excluding carboxylic acids is 1. The van der Waals surface area contributed by atoms with E-state index in [4.69, 9.17) is 4.74 Å². The number of aromatic nitrogens is 4. The molecule has 0 spiro atoms. The van der Waals surface area contributed by atoms with Crippen molar-refractivity contribution in [3.63, 3.8) is 0 Å². The van der Waals surface area contributed by atoms with Crippen LogP contribution in [-0.2, 0) is 13.6 Å². The Hall–Kier alpha value is -3.98. The van der Waals surface area contributed by atoms with Gasteiger partial charge in [-0.1, -0.05) is 24.3 Å². The Balaban J connectivity index is 1.45. The average molecular weight is 490 g/mol. The third kappa shape index (κ3) is 4.54. The van der Waals surface area contributed by atoms with Gasteiger partial charge < -0.3 is 14.6 Å². The molecule has 0 radical (unpaired) electrons. The molecule has 178 valence electrons. The first-order valence-corrected chi connectivity index (χ1v) is 11.9. The van der Waals surface area contributed by atoms with Crippen LogP contribution in [0.2, 0.25) is 0 Å². The average Bonchev–Trinajstić information content (AvgIpc) is 3.56. The summed E-state index contributed by atoms with van der Waals surface area (Å²) in [6.45, 7) is 2.42. The van der Waals surface area contributed by atoms with Crippen molar-refractivity contribution in [1.82, 2.24) is 24.6 Å². The molecule has 0 aliphatic rings. The van der Waals surface area contributed by atoms with E-state index in [9.17, 15) is 9.18 Å². The summed E-state index contributed by atoms with van der Waals surface area (Å²) in [5, 5.41) is 8.70. The highest BCUT2D eigenvalue weighted by Crippen LogP contribution is 2.30. The fraction of sp³-hybridized carbons (Fsp3) is 0.192. The van der Waals surface area contributed by atoms with Gasteiger partial charge in [0, 0.05) is 24.8 Å². The second-order valence-corrected chi connectivity index (χ2v) is 9.31. The van der Waals surface area contributed by atoms with E-state index in [2.05, 4.69) is 15.4 Å². The lowest BCUT2D eigenvalue weighted by Gasteiger charge is -2.19. The number of rotatable bonds is 7. The van der Waals surface area contributed by atoms with E-state index >= 15 is 0 Å². The number of methoxy groups -OCH3 is 1. The number of amides is 1. The van der Waals surface area contributed by atoms with E-state index in [0.29, 0.717) is 11.4 Å². The topological polar surface area (TPSA) is 74.0 Å². The molecule has 5 aromatic rings. The van der Waals surface area contributed by atoms with Gasteiger partial charge in [0.1, 0.15) is 28.3 Å². The zero-order valence-electron chi connectivity index (χ0n) is 19.5. The molecule has 0 saturated heterocycles. The first kappa shape index (κ1) is 22.8. The molecule has 1 N–H and O–H groups in total. The maximum Gasteiger partial charge on any atom is 0.262 e. The number of aryl methyl sites for hydroxylation is 2. The molecule has 3 heterocycles. The highest BCUT2D eigenvalue weighted by atomic mass is 32.1. The predicted molar refractivity (Wildman–Crippen MR) is 133 cm³/mol. The number of imidazole rings is 1. The van der Waals surface area contributed by atoms with Gasteiger partial charge in [-0.15, -0.1) is 11.3 Å². The molecule has 2 aromatic carbocycles. The molecular weight excluding hydrogens is 465 g/mol. The maximum absolute atomic E-state index is 13.4. The molecule has 1 atom stereocenters. The molecule has 0 fully saturated rings. The predicted octanol–water partition coefficient (Wildman–Crippen LogP) is 4.86. The summed E-state index contributed by atoms with van der Waals surface area (Å²) in [6, 6.07) is 15.4. The minimum absolute atomic E-state index is 0.192. The summed E-state index contributed by atoms with van der Waals surface area (Å²) in [6.07, 6.45) is 3.57. The molecule has 5 rings (SSSR count). The molecule has 0 saturated carbocycles. The minimum Gasteiger partial charge on any atom is -0.497 e. The third-order valence-corrected chi connectivity index (χ3v) is 7.07. The van der Waals surface area contributed by atoms with Crippen LogP contribution in [0, 0.1) is 12.7 Å². The normalized spacial score (nSPS) is 12.1. The van der Waals surface area contributed by atoms with Crippen molar-refractivity contribution in [3.05, 3.63) is 100 Å². The Morgan fingerprint density at radius 3 is 2.57 bits per heavy atom. The summed E-state index contributed by atoms with van der Waals surface area (Å²) in [5.41, 5.74) is 2.67. The molecule has 7 nitrogen and oxygen atoms in total. The first-order valence-electron chi connectivity index (χ1n) is 11.1. The number of halogens is 1. The number of nitrogens with zero attached hydrogens (tertiary/aromatic N) is 4. The lowest BCUT2D eigenvalue weighted by Crippen LogP contribution is -2.30. The number of hydrogen-bond donors (Lipinski definition) is 1. The van der Waals surface area contributed by atoms with Crippen LogP contribution in [0.5, 0.6) is 5.75 Å². The Morgan fingerprint density at radius 2 is 1.91 bits per heavy atom. The zero-order chi connectivity index (χ0) is 24.5. The Kier molecular flexibility index (Phi) is 6.08. The molecule has 35 heavy (non-hydrogen) atoms. The number of nitrogens with one attached hydrogen (secondary N) is 1. The lowest BCUT2D eigenvalue weighted by molar-refractivity contribution is 0.0945. The monoisotopic (exact) mass is 489 g/mol. The van der Waals surface area contributed by atoms with E-state index in [1.54, 1.807) is 25.4 Å². The molecular formula is C26H24FN5O2S. The van der Waals surface area contributed by atoms with Crippen LogP contribution < -0.4 is 10.1 Å². The highest BCUT2D eigenvalue weighted by Gasteiger charge is 2.24. The number of thiophene rings is 1.